The van der Waals surface area contributed by atoms with Crippen LogP contribution in [0.2, 0.25) is 0 Å². The molecule has 5 nitrogen and oxygen atoms in total. The monoisotopic (exact) mass is 304 g/mol. The zero-order chi connectivity index (χ0) is 15.9. The minimum Gasteiger partial charge on any atom is -0.463 e. The first-order valence-corrected chi connectivity index (χ1v) is 7.30. The molecule has 0 aromatic heterocycles. The van der Waals surface area contributed by atoms with Crippen molar-refractivity contribution in [3.8, 4) is 0 Å². The van der Waals surface area contributed by atoms with Crippen LogP contribution < -0.4 is 0 Å². The van der Waals surface area contributed by atoms with Crippen LogP contribution in [0.1, 0.15) is 32.1 Å². The third kappa shape index (κ3) is 4.26. The molecule has 1 aliphatic heterocycles. The fraction of sp³-hybridized carbons (Fsp3) is 0.412. The number of hydrogen-bond acceptors (Lipinski definition) is 5. The minimum atomic E-state index is -0.608. The van der Waals surface area contributed by atoms with E-state index in [1.165, 1.54) is 0 Å². The van der Waals surface area contributed by atoms with Crippen molar-refractivity contribution in [2.24, 2.45) is 0 Å². The van der Waals surface area contributed by atoms with Crippen LogP contribution >= 0.6 is 0 Å². The van der Waals surface area contributed by atoms with Crippen molar-refractivity contribution >= 4 is 11.8 Å². The zero-order valence-electron chi connectivity index (χ0n) is 12.8. The molecule has 0 bridgehead atoms. The molecule has 0 amide bonds. The summed E-state index contributed by atoms with van der Waals surface area (Å²) in [5.74, 6) is -0.498. The van der Waals surface area contributed by atoms with Gasteiger partial charge in [0.1, 0.15) is 12.7 Å². The van der Waals surface area contributed by atoms with E-state index in [-0.39, 0.29) is 18.4 Å². The maximum absolute atomic E-state index is 11.9. The van der Waals surface area contributed by atoms with E-state index >= 15 is 0 Å². The SMILES string of the molecule is CCOC(=O)/C(C)=C/C[C@@H]1O[C@H](c2ccccc2)OCC1=O. The van der Waals surface area contributed by atoms with Gasteiger partial charge in [-0.2, -0.15) is 0 Å². The van der Waals surface area contributed by atoms with Gasteiger partial charge in [-0.25, -0.2) is 4.79 Å². The lowest BCUT2D eigenvalue weighted by Crippen LogP contribution is -2.36. The summed E-state index contributed by atoms with van der Waals surface area (Å²) in [5.41, 5.74) is 1.34. The van der Waals surface area contributed by atoms with Gasteiger partial charge >= 0.3 is 5.97 Å². The van der Waals surface area contributed by atoms with E-state index in [4.69, 9.17) is 14.2 Å². The van der Waals surface area contributed by atoms with Gasteiger partial charge in [0.25, 0.3) is 0 Å². The number of carbonyl (C=O) groups is 2. The Hall–Kier alpha value is -1.98. The van der Waals surface area contributed by atoms with Gasteiger partial charge in [0.05, 0.1) is 6.61 Å². The molecule has 1 aromatic carbocycles. The van der Waals surface area contributed by atoms with Crippen molar-refractivity contribution in [3.63, 3.8) is 0 Å². The molecule has 2 atom stereocenters. The summed E-state index contributed by atoms with van der Waals surface area (Å²) in [4.78, 5) is 23.4. The Bertz CT molecular complexity index is 549. The summed E-state index contributed by atoms with van der Waals surface area (Å²) in [6.45, 7) is 3.75. The molecule has 118 valence electrons. The highest BCUT2D eigenvalue weighted by Gasteiger charge is 2.30. The molecule has 0 saturated carbocycles. The van der Waals surface area contributed by atoms with Crippen LogP contribution in [0.5, 0.6) is 0 Å². The number of carbonyl (C=O) groups excluding carboxylic acids is 2. The Labute approximate surface area is 129 Å². The Kier molecular flexibility index (Phi) is 5.86. The van der Waals surface area contributed by atoms with Gasteiger partial charge in [-0.1, -0.05) is 36.4 Å². The van der Waals surface area contributed by atoms with E-state index in [0.717, 1.165) is 5.56 Å². The van der Waals surface area contributed by atoms with Crippen LogP contribution in [-0.4, -0.2) is 31.1 Å². The van der Waals surface area contributed by atoms with Gasteiger partial charge in [-0.3, -0.25) is 4.79 Å². The number of rotatable bonds is 5. The van der Waals surface area contributed by atoms with Crippen LogP contribution in [0.4, 0.5) is 0 Å². The van der Waals surface area contributed by atoms with Crippen LogP contribution in [0, 0.1) is 0 Å². The van der Waals surface area contributed by atoms with E-state index in [9.17, 15) is 9.59 Å². The number of ether oxygens (including phenoxy) is 3. The first kappa shape index (κ1) is 16.4. The molecule has 5 heteroatoms. The molecule has 0 N–H and O–H groups in total. The van der Waals surface area contributed by atoms with Crippen LogP contribution in [0.25, 0.3) is 0 Å². The molecule has 1 aliphatic rings. The highest BCUT2D eigenvalue weighted by Crippen LogP contribution is 2.26. The molecule has 0 aliphatic carbocycles. The van der Waals surface area contributed by atoms with E-state index in [2.05, 4.69) is 0 Å². The van der Waals surface area contributed by atoms with Crippen molar-refractivity contribution in [3.05, 3.63) is 47.5 Å². The van der Waals surface area contributed by atoms with E-state index in [0.29, 0.717) is 18.6 Å². The van der Waals surface area contributed by atoms with Gasteiger partial charge in [-0.15, -0.1) is 0 Å². The summed E-state index contributed by atoms with van der Waals surface area (Å²) < 4.78 is 16.0. The van der Waals surface area contributed by atoms with Crippen molar-refractivity contribution in [2.75, 3.05) is 13.2 Å². The lowest BCUT2D eigenvalue weighted by molar-refractivity contribution is -0.211. The Balaban J connectivity index is 1.99. The van der Waals surface area contributed by atoms with Crippen LogP contribution in [-0.2, 0) is 23.8 Å². The summed E-state index contributed by atoms with van der Waals surface area (Å²) in [6, 6.07) is 9.45. The van der Waals surface area contributed by atoms with Crippen molar-refractivity contribution < 1.29 is 23.8 Å². The topological polar surface area (TPSA) is 61.8 Å². The normalized spacial score (nSPS) is 22.5. The maximum atomic E-state index is 11.9. The minimum absolute atomic E-state index is 0.0104. The molecule has 2 rings (SSSR count). The second kappa shape index (κ2) is 7.87. The van der Waals surface area contributed by atoms with Crippen molar-refractivity contribution in [1.82, 2.24) is 0 Å². The highest BCUT2D eigenvalue weighted by atomic mass is 16.7. The zero-order valence-corrected chi connectivity index (χ0v) is 12.8. The first-order valence-electron chi connectivity index (χ1n) is 7.30. The first-order chi connectivity index (χ1) is 10.6. The second-order valence-electron chi connectivity index (χ2n) is 4.99. The van der Waals surface area contributed by atoms with Crippen LogP contribution in [0.15, 0.2) is 42.0 Å². The summed E-state index contributed by atoms with van der Waals surface area (Å²) >= 11 is 0. The predicted molar refractivity (Wildman–Crippen MR) is 80.0 cm³/mol. The third-order valence-corrected chi connectivity index (χ3v) is 3.33. The van der Waals surface area contributed by atoms with Gasteiger partial charge in [0, 0.05) is 11.1 Å². The number of hydrogen-bond donors (Lipinski definition) is 0. The molecule has 0 spiro atoms. The molecular weight excluding hydrogens is 284 g/mol. The highest BCUT2D eigenvalue weighted by molar-refractivity contribution is 5.88. The van der Waals surface area contributed by atoms with Crippen molar-refractivity contribution in [1.29, 1.82) is 0 Å². The fourth-order valence-electron chi connectivity index (χ4n) is 2.10. The molecule has 1 aromatic rings. The van der Waals surface area contributed by atoms with Gasteiger partial charge in [0.15, 0.2) is 12.1 Å². The lowest BCUT2D eigenvalue weighted by atomic mass is 10.1. The predicted octanol–water partition coefficient (Wildman–Crippen LogP) is 2.57. The average Bonchev–Trinajstić information content (AvgIpc) is 2.55. The fourth-order valence-corrected chi connectivity index (χ4v) is 2.10. The number of esters is 1. The van der Waals surface area contributed by atoms with Gasteiger partial charge in [0.2, 0.25) is 0 Å². The standard InChI is InChI=1S/C17H20O5/c1-3-20-16(19)12(2)9-10-15-14(18)11-21-17(22-15)13-7-5-4-6-8-13/h4-9,15,17H,3,10-11H2,1-2H3/b12-9+/t15-,17+/m0/s1. The quantitative estimate of drug-likeness (QED) is 0.618. The lowest BCUT2D eigenvalue weighted by Gasteiger charge is -2.29. The molecule has 0 unspecified atom stereocenters. The van der Waals surface area contributed by atoms with E-state index in [1.54, 1.807) is 19.9 Å². The number of ketones is 1. The molecular formula is C17H20O5. The largest absolute Gasteiger partial charge is 0.463 e. The Morgan fingerprint density at radius 1 is 1.36 bits per heavy atom. The van der Waals surface area contributed by atoms with Crippen LogP contribution in [0.3, 0.4) is 0 Å². The molecule has 0 radical (unpaired) electrons. The number of benzene rings is 1. The third-order valence-electron chi connectivity index (χ3n) is 3.33. The maximum Gasteiger partial charge on any atom is 0.333 e. The molecule has 1 saturated heterocycles. The summed E-state index contributed by atoms with van der Waals surface area (Å²) in [5, 5.41) is 0. The second-order valence-corrected chi connectivity index (χ2v) is 4.99. The average molecular weight is 304 g/mol. The Morgan fingerprint density at radius 2 is 2.09 bits per heavy atom. The molecule has 1 fully saturated rings. The smallest absolute Gasteiger partial charge is 0.333 e. The van der Waals surface area contributed by atoms with E-state index in [1.807, 2.05) is 30.3 Å². The summed E-state index contributed by atoms with van der Waals surface area (Å²) in [6.07, 6.45) is 0.841. The van der Waals surface area contributed by atoms with Crippen molar-refractivity contribution in [2.45, 2.75) is 32.7 Å². The number of Topliss-reactive ketones (excluding diaryl/α,β-unsaturated/α-hetero) is 1. The van der Waals surface area contributed by atoms with Gasteiger partial charge < -0.3 is 14.2 Å². The van der Waals surface area contributed by atoms with E-state index < -0.39 is 12.4 Å². The molecule has 1 heterocycles. The molecule has 22 heavy (non-hydrogen) atoms. The van der Waals surface area contributed by atoms with Gasteiger partial charge in [-0.05, 0) is 20.3 Å². The Morgan fingerprint density at radius 3 is 2.77 bits per heavy atom. The summed E-state index contributed by atoms with van der Waals surface area (Å²) in [7, 11) is 0.